The van der Waals surface area contributed by atoms with Gasteiger partial charge in [-0.1, -0.05) is 18.2 Å². The maximum Gasteiger partial charge on any atom is 0.235 e. The van der Waals surface area contributed by atoms with Gasteiger partial charge in [0.2, 0.25) is 11.8 Å². The zero-order valence-corrected chi connectivity index (χ0v) is 16.2. The van der Waals surface area contributed by atoms with E-state index in [9.17, 15) is 9.59 Å². The fourth-order valence-corrected chi connectivity index (χ4v) is 2.79. The van der Waals surface area contributed by atoms with Crippen LogP contribution in [0.25, 0.3) is 10.9 Å². The molecule has 0 aliphatic rings. The molecule has 0 bridgehead atoms. The highest BCUT2D eigenvalue weighted by Crippen LogP contribution is 2.18. The molecule has 1 aromatic carbocycles. The maximum absolute atomic E-state index is 12.5. The summed E-state index contributed by atoms with van der Waals surface area (Å²) in [5.41, 5.74) is 1.16. The second-order valence-corrected chi connectivity index (χ2v) is 7.40. The van der Waals surface area contributed by atoms with E-state index in [0.717, 1.165) is 30.5 Å². The summed E-state index contributed by atoms with van der Waals surface area (Å²) in [7, 11) is 3.99. The lowest BCUT2D eigenvalue weighted by Gasteiger charge is -2.23. The van der Waals surface area contributed by atoms with Crippen LogP contribution in [0.2, 0.25) is 0 Å². The van der Waals surface area contributed by atoms with Crippen molar-refractivity contribution in [2.24, 2.45) is 5.41 Å². The summed E-state index contributed by atoms with van der Waals surface area (Å²) >= 11 is 0. The number of fused-ring (bicyclic) bond motifs is 1. The Labute approximate surface area is 155 Å². The van der Waals surface area contributed by atoms with Crippen molar-refractivity contribution in [2.75, 3.05) is 33.7 Å². The number of aromatic nitrogens is 1. The molecule has 0 radical (unpaired) electrons. The Hall–Kier alpha value is -2.34. The predicted octanol–water partition coefficient (Wildman–Crippen LogP) is 1.92. The van der Waals surface area contributed by atoms with Gasteiger partial charge >= 0.3 is 0 Å². The van der Waals surface area contributed by atoms with Crippen LogP contribution in [0.5, 0.6) is 0 Å². The van der Waals surface area contributed by atoms with Crippen molar-refractivity contribution in [2.45, 2.75) is 26.7 Å². The van der Waals surface area contributed by atoms with Crippen LogP contribution in [0.15, 0.2) is 30.5 Å². The van der Waals surface area contributed by atoms with Crippen molar-refractivity contribution in [3.05, 3.63) is 36.0 Å². The topological polar surface area (TPSA) is 77.2 Å². The third-order valence-corrected chi connectivity index (χ3v) is 4.56. The SMILES string of the molecule is CN(C)CCCNC(=O)C(C)(C)C(=O)NCCc1c[nH]c2ccccc12. The molecule has 3 N–H and O–H groups in total. The van der Waals surface area contributed by atoms with E-state index in [1.165, 1.54) is 5.39 Å². The average Bonchev–Trinajstić information content (AvgIpc) is 3.01. The van der Waals surface area contributed by atoms with Gasteiger partial charge in [-0.2, -0.15) is 0 Å². The number of hydrogen-bond acceptors (Lipinski definition) is 3. The molecule has 0 aliphatic heterocycles. The lowest BCUT2D eigenvalue weighted by atomic mass is 9.91. The second kappa shape index (κ2) is 8.85. The normalized spacial score (nSPS) is 11.7. The number of para-hydroxylation sites is 1. The van der Waals surface area contributed by atoms with Crippen molar-refractivity contribution in [1.82, 2.24) is 20.5 Å². The van der Waals surface area contributed by atoms with Crippen molar-refractivity contribution in [3.63, 3.8) is 0 Å². The first kappa shape index (κ1) is 20.0. The van der Waals surface area contributed by atoms with E-state index < -0.39 is 5.41 Å². The number of carbonyl (C=O) groups excluding carboxylic acids is 2. The predicted molar refractivity (Wildman–Crippen MR) is 105 cm³/mol. The van der Waals surface area contributed by atoms with E-state index in [1.54, 1.807) is 13.8 Å². The van der Waals surface area contributed by atoms with Crippen molar-refractivity contribution in [1.29, 1.82) is 0 Å². The Balaban J connectivity index is 1.81. The maximum atomic E-state index is 12.5. The van der Waals surface area contributed by atoms with Gasteiger partial charge in [0.1, 0.15) is 5.41 Å². The molecule has 1 aromatic heterocycles. The first-order valence-electron chi connectivity index (χ1n) is 9.08. The summed E-state index contributed by atoms with van der Waals surface area (Å²) in [6.45, 7) is 5.29. The quantitative estimate of drug-likeness (QED) is 0.473. The summed E-state index contributed by atoms with van der Waals surface area (Å²) in [5.74, 6) is -0.483. The fraction of sp³-hybridized carbons (Fsp3) is 0.500. The van der Waals surface area contributed by atoms with Crippen LogP contribution in [0.4, 0.5) is 0 Å². The number of rotatable bonds is 9. The van der Waals surface area contributed by atoms with Crippen molar-refractivity contribution >= 4 is 22.7 Å². The molecule has 26 heavy (non-hydrogen) atoms. The smallest absolute Gasteiger partial charge is 0.235 e. The van der Waals surface area contributed by atoms with Gasteiger partial charge < -0.3 is 20.5 Å². The molecule has 0 saturated carbocycles. The van der Waals surface area contributed by atoms with E-state index >= 15 is 0 Å². The highest BCUT2D eigenvalue weighted by atomic mass is 16.2. The Bertz CT molecular complexity index is 749. The molecule has 1 heterocycles. The largest absolute Gasteiger partial charge is 0.361 e. The summed E-state index contributed by atoms with van der Waals surface area (Å²) in [5, 5.41) is 6.92. The van der Waals surface area contributed by atoms with Gasteiger partial charge in [0.15, 0.2) is 0 Å². The molecule has 0 fully saturated rings. The number of amides is 2. The lowest BCUT2D eigenvalue weighted by molar-refractivity contribution is -0.141. The summed E-state index contributed by atoms with van der Waals surface area (Å²) in [4.78, 5) is 30.1. The first-order valence-corrected chi connectivity index (χ1v) is 9.08. The number of carbonyl (C=O) groups is 2. The van der Waals surface area contributed by atoms with Gasteiger partial charge in [-0.05, 0) is 59.0 Å². The van der Waals surface area contributed by atoms with Crippen LogP contribution in [0.3, 0.4) is 0 Å². The van der Waals surface area contributed by atoms with Crippen LogP contribution >= 0.6 is 0 Å². The number of nitrogens with one attached hydrogen (secondary N) is 3. The molecule has 2 amide bonds. The number of hydrogen-bond donors (Lipinski definition) is 3. The minimum absolute atomic E-state index is 0.235. The van der Waals surface area contributed by atoms with Crippen molar-refractivity contribution < 1.29 is 9.59 Å². The van der Waals surface area contributed by atoms with Gasteiger partial charge in [0.25, 0.3) is 0 Å². The Morgan fingerprint density at radius 3 is 2.42 bits per heavy atom. The van der Waals surface area contributed by atoms with Crippen LogP contribution in [0, 0.1) is 5.41 Å². The van der Waals surface area contributed by atoms with E-state index in [2.05, 4.69) is 26.6 Å². The molecule has 2 rings (SSSR count). The molecule has 0 atom stereocenters. The van der Waals surface area contributed by atoms with E-state index in [1.807, 2.05) is 38.5 Å². The number of aromatic amines is 1. The van der Waals surface area contributed by atoms with Crippen LogP contribution in [-0.2, 0) is 16.0 Å². The van der Waals surface area contributed by atoms with Gasteiger partial charge in [-0.3, -0.25) is 9.59 Å². The molecule has 0 spiro atoms. The van der Waals surface area contributed by atoms with E-state index in [0.29, 0.717) is 13.1 Å². The Kier molecular flexibility index (Phi) is 6.80. The zero-order chi connectivity index (χ0) is 19.2. The Morgan fingerprint density at radius 1 is 1.08 bits per heavy atom. The zero-order valence-electron chi connectivity index (χ0n) is 16.2. The van der Waals surface area contributed by atoms with Gasteiger partial charge in [0.05, 0.1) is 0 Å². The number of H-pyrrole nitrogens is 1. The monoisotopic (exact) mass is 358 g/mol. The second-order valence-electron chi connectivity index (χ2n) is 7.40. The summed E-state index contributed by atoms with van der Waals surface area (Å²) < 4.78 is 0. The molecule has 142 valence electrons. The van der Waals surface area contributed by atoms with Crippen LogP contribution < -0.4 is 10.6 Å². The average molecular weight is 358 g/mol. The highest BCUT2D eigenvalue weighted by molar-refractivity contribution is 6.04. The van der Waals surface area contributed by atoms with Gasteiger partial charge in [0, 0.05) is 30.2 Å². The summed E-state index contributed by atoms with van der Waals surface area (Å²) in [6, 6.07) is 8.08. The number of benzene rings is 1. The molecular weight excluding hydrogens is 328 g/mol. The minimum Gasteiger partial charge on any atom is -0.361 e. The van der Waals surface area contributed by atoms with Crippen LogP contribution in [0.1, 0.15) is 25.8 Å². The number of nitrogens with zero attached hydrogens (tertiary/aromatic N) is 1. The van der Waals surface area contributed by atoms with Crippen LogP contribution in [-0.4, -0.2) is 55.4 Å². The minimum atomic E-state index is -1.08. The molecular formula is C20H30N4O2. The van der Waals surface area contributed by atoms with Crippen molar-refractivity contribution in [3.8, 4) is 0 Å². The summed E-state index contributed by atoms with van der Waals surface area (Å²) in [6.07, 6.45) is 3.55. The van der Waals surface area contributed by atoms with Gasteiger partial charge in [-0.15, -0.1) is 0 Å². The third-order valence-electron chi connectivity index (χ3n) is 4.56. The van der Waals surface area contributed by atoms with E-state index in [-0.39, 0.29) is 11.8 Å². The molecule has 6 heteroatoms. The standard InChI is InChI=1S/C20H30N4O2/c1-20(2,18(25)21-11-7-13-24(3)4)19(26)22-12-10-15-14-23-17-9-6-5-8-16(15)17/h5-6,8-9,14,23H,7,10-13H2,1-4H3,(H,21,25)(H,22,26). The Morgan fingerprint density at radius 2 is 1.73 bits per heavy atom. The first-order chi connectivity index (χ1) is 12.3. The molecule has 0 aliphatic carbocycles. The molecule has 0 saturated heterocycles. The highest BCUT2D eigenvalue weighted by Gasteiger charge is 2.35. The fourth-order valence-electron chi connectivity index (χ4n) is 2.79. The van der Waals surface area contributed by atoms with E-state index in [4.69, 9.17) is 0 Å². The molecule has 2 aromatic rings. The molecule has 0 unspecified atom stereocenters. The molecule has 6 nitrogen and oxygen atoms in total. The lowest BCUT2D eigenvalue weighted by Crippen LogP contribution is -2.48. The van der Waals surface area contributed by atoms with Gasteiger partial charge in [-0.25, -0.2) is 0 Å². The third kappa shape index (κ3) is 5.08.